The van der Waals surface area contributed by atoms with Crippen molar-refractivity contribution in [3.63, 3.8) is 0 Å². The molecule has 6 nitrogen and oxygen atoms in total. The van der Waals surface area contributed by atoms with Gasteiger partial charge in [-0.25, -0.2) is 0 Å². The molecule has 7 heteroatoms. The lowest BCUT2D eigenvalue weighted by Crippen LogP contribution is -2.07. The first-order valence-corrected chi connectivity index (χ1v) is 9.96. The predicted molar refractivity (Wildman–Crippen MR) is 119 cm³/mol. The van der Waals surface area contributed by atoms with Crippen molar-refractivity contribution in [3.8, 4) is 0 Å². The van der Waals surface area contributed by atoms with E-state index in [9.17, 15) is 0 Å². The van der Waals surface area contributed by atoms with Crippen LogP contribution in [0, 0.1) is 0 Å². The molecule has 2 heterocycles. The fourth-order valence-electron chi connectivity index (χ4n) is 2.79. The molecule has 0 atom stereocenters. The van der Waals surface area contributed by atoms with Crippen molar-refractivity contribution in [1.82, 2.24) is 9.97 Å². The molecule has 3 rings (SSSR count). The molecule has 0 fully saturated rings. The molecule has 0 aliphatic heterocycles. The smallest absolute Gasteiger partial charge is 0.135 e. The second-order valence-corrected chi connectivity index (χ2v) is 6.91. The molecule has 30 heavy (non-hydrogen) atoms. The third-order valence-corrected chi connectivity index (χ3v) is 4.51. The van der Waals surface area contributed by atoms with E-state index in [2.05, 4.69) is 20.3 Å². The number of pyridine rings is 2. The van der Waals surface area contributed by atoms with Crippen LogP contribution in [0.15, 0.2) is 77.2 Å². The summed E-state index contributed by atoms with van der Waals surface area (Å²) in [5, 5.41) is 8.94. The number of hydrogen-bond acceptors (Lipinski definition) is 6. The van der Waals surface area contributed by atoms with Gasteiger partial charge in [0.05, 0.1) is 11.4 Å². The van der Waals surface area contributed by atoms with Crippen LogP contribution in [0.25, 0.3) is 0 Å². The van der Waals surface area contributed by atoms with Crippen molar-refractivity contribution in [3.05, 3.63) is 94.5 Å². The quantitative estimate of drug-likeness (QED) is 0.279. The van der Waals surface area contributed by atoms with Gasteiger partial charge in [-0.1, -0.05) is 46.2 Å². The molecular formula is C23H23ClN4O2. The Morgan fingerprint density at radius 1 is 0.967 bits per heavy atom. The molecule has 1 aromatic carbocycles. The van der Waals surface area contributed by atoms with E-state index in [-0.39, 0.29) is 0 Å². The van der Waals surface area contributed by atoms with Crippen LogP contribution in [0.4, 0.5) is 0 Å². The van der Waals surface area contributed by atoms with Gasteiger partial charge in [0, 0.05) is 22.5 Å². The maximum Gasteiger partial charge on any atom is 0.135 e. The maximum atomic E-state index is 6.01. The van der Waals surface area contributed by atoms with E-state index in [0.29, 0.717) is 17.3 Å². The topological polar surface area (TPSA) is 69.0 Å². The summed E-state index contributed by atoms with van der Waals surface area (Å²) >= 11 is 6.01. The van der Waals surface area contributed by atoms with Gasteiger partial charge in [-0.2, -0.15) is 0 Å². The van der Waals surface area contributed by atoms with E-state index in [0.717, 1.165) is 41.2 Å². The lowest BCUT2D eigenvalue weighted by atomic mass is 10.1. The fraction of sp³-hybridized carbons (Fsp3) is 0.217. The van der Waals surface area contributed by atoms with Crippen LogP contribution in [0.3, 0.4) is 0 Å². The second kappa shape index (κ2) is 11.1. The highest BCUT2D eigenvalue weighted by Crippen LogP contribution is 2.14. The Morgan fingerprint density at radius 3 is 2.50 bits per heavy atom. The number of nitrogens with zero attached hydrogens (tertiary/aromatic N) is 4. The summed E-state index contributed by atoms with van der Waals surface area (Å²) in [6.45, 7) is 2.32. The van der Waals surface area contributed by atoms with Crippen molar-refractivity contribution in [2.24, 2.45) is 10.3 Å². The van der Waals surface area contributed by atoms with Gasteiger partial charge in [0.25, 0.3) is 0 Å². The zero-order valence-corrected chi connectivity index (χ0v) is 17.7. The lowest BCUT2D eigenvalue weighted by molar-refractivity contribution is 0.142. The number of aromatic nitrogens is 2. The van der Waals surface area contributed by atoms with Crippen molar-refractivity contribution in [2.75, 3.05) is 13.7 Å². The maximum absolute atomic E-state index is 6.01. The molecule has 0 amide bonds. The minimum atomic E-state index is 0.459. The lowest BCUT2D eigenvalue weighted by Gasteiger charge is -2.07. The molecular weight excluding hydrogens is 400 g/mol. The Balaban J connectivity index is 1.63. The highest BCUT2D eigenvalue weighted by Gasteiger charge is 2.09. The Bertz CT molecular complexity index is 1010. The first-order chi connectivity index (χ1) is 14.7. The summed E-state index contributed by atoms with van der Waals surface area (Å²) in [6, 6.07) is 19.0. The van der Waals surface area contributed by atoms with Crippen LogP contribution in [-0.4, -0.2) is 35.1 Å². The second-order valence-electron chi connectivity index (χ2n) is 6.47. The van der Waals surface area contributed by atoms with Crippen LogP contribution in [0.2, 0.25) is 5.02 Å². The molecule has 0 N–H and O–H groups in total. The third-order valence-electron chi connectivity index (χ3n) is 4.26. The van der Waals surface area contributed by atoms with E-state index in [4.69, 9.17) is 21.3 Å². The van der Waals surface area contributed by atoms with Crippen molar-refractivity contribution >= 4 is 23.0 Å². The first kappa shape index (κ1) is 21.5. The Labute approximate surface area is 181 Å². The van der Waals surface area contributed by atoms with E-state index in [1.165, 1.54) is 7.11 Å². The molecule has 0 aliphatic carbocycles. The Morgan fingerprint density at radius 2 is 1.77 bits per heavy atom. The molecule has 0 aliphatic rings. The van der Waals surface area contributed by atoms with Crippen LogP contribution in [0.5, 0.6) is 0 Å². The summed E-state index contributed by atoms with van der Waals surface area (Å²) in [4.78, 5) is 19.4. The van der Waals surface area contributed by atoms with Crippen molar-refractivity contribution in [1.29, 1.82) is 0 Å². The SMILES string of the molecule is CON=C(C)c1cccc(CCCON=C(c2ccc(Cl)cc2)c2ccccn2)n1. The molecule has 0 unspecified atom stereocenters. The van der Waals surface area contributed by atoms with Crippen LogP contribution in [-0.2, 0) is 16.1 Å². The summed E-state index contributed by atoms with van der Waals surface area (Å²) in [5.41, 5.74) is 4.80. The first-order valence-electron chi connectivity index (χ1n) is 9.58. The Hall–Kier alpha value is -3.25. The van der Waals surface area contributed by atoms with E-state index < -0.39 is 0 Å². The number of halogens is 1. The van der Waals surface area contributed by atoms with Gasteiger partial charge in [-0.05, 0) is 56.2 Å². The summed E-state index contributed by atoms with van der Waals surface area (Å²) in [6.07, 6.45) is 3.27. The van der Waals surface area contributed by atoms with Gasteiger partial charge in [-0.3, -0.25) is 9.97 Å². The zero-order chi connectivity index (χ0) is 21.2. The van der Waals surface area contributed by atoms with E-state index >= 15 is 0 Å². The normalized spacial score (nSPS) is 12.0. The third kappa shape index (κ3) is 6.12. The van der Waals surface area contributed by atoms with Crippen LogP contribution >= 0.6 is 11.6 Å². The average Bonchev–Trinajstić information content (AvgIpc) is 2.78. The Kier molecular flexibility index (Phi) is 7.92. The number of oxime groups is 2. The minimum Gasteiger partial charge on any atom is -0.399 e. The molecule has 154 valence electrons. The zero-order valence-electron chi connectivity index (χ0n) is 17.0. The predicted octanol–water partition coefficient (Wildman–Crippen LogP) is 4.90. The van der Waals surface area contributed by atoms with Gasteiger partial charge < -0.3 is 9.68 Å². The van der Waals surface area contributed by atoms with Crippen molar-refractivity contribution < 1.29 is 9.68 Å². The van der Waals surface area contributed by atoms with Gasteiger partial charge in [-0.15, -0.1) is 0 Å². The average molecular weight is 423 g/mol. The number of aryl methyl sites for hydroxylation is 1. The van der Waals surface area contributed by atoms with Gasteiger partial charge in [0.1, 0.15) is 25.1 Å². The van der Waals surface area contributed by atoms with E-state index in [1.807, 2.05) is 67.6 Å². The monoisotopic (exact) mass is 422 g/mol. The molecule has 3 aromatic rings. The molecule has 0 saturated carbocycles. The van der Waals surface area contributed by atoms with Crippen LogP contribution in [0.1, 0.15) is 36.0 Å². The highest BCUT2D eigenvalue weighted by atomic mass is 35.5. The number of benzene rings is 1. The number of hydrogen-bond donors (Lipinski definition) is 0. The molecule has 0 saturated heterocycles. The molecule has 0 radical (unpaired) electrons. The van der Waals surface area contributed by atoms with Gasteiger partial charge >= 0.3 is 0 Å². The summed E-state index contributed by atoms with van der Waals surface area (Å²) in [5.74, 6) is 0. The van der Waals surface area contributed by atoms with Crippen molar-refractivity contribution in [2.45, 2.75) is 19.8 Å². The summed E-state index contributed by atoms with van der Waals surface area (Å²) in [7, 11) is 1.52. The minimum absolute atomic E-state index is 0.459. The largest absolute Gasteiger partial charge is 0.399 e. The molecule has 2 aromatic heterocycles. The van der Waals surface area contributed by atoms with Gasteiger partial charge in [0.15, 0.2) is 0 Å². The summed E-state index contributed by atoms with van der Waals surface area (Å²) < 4.78 is 0. The van der Waals surface area contributed by atoms with E-state index in [1.54, 1.807) is 6.20 Å². The number of rotatable bonds is 9. The molecule has 0 bridgehead atoms. The van der Waals surface area contributed by atoms with Crippen LogP contribution < -0.4 is 0 Å². The molecule has 0 spiro atoms. The highest BCUT2D eigenvalue weighted by molar-refractivity contribution is 6.30. The fourth-order valence-corrected chi connectivity index (χ4v) is 2.92. The standard InChI is InChI=1S/C23H23ClN4O2/c1-17(27-29-2)21-10-5-7-20(26-21)8-6-16-30-28-23(22-9-3-4-15-25-22)18-11-13-19(24)14-12-18/h3-5,7,9-15H,6,8,16H2,1-2H3. The van der Waals surface area contributed by atoms with Gasteiger partial charge in [0.2, 0.25) is 0 Å².